The van der Waals surface area contributed by atoms with E-state index < -0.39 is 5.82 Å². The van der Waals surface area contributed by atoms with Gasteiger partial charge in [-0.25, -0.2) is 4.39 Å². The van der Waals surface area contributed by atoms with Crippen molar-refractivity contribution >= 4 is 23.2 Å². The second kappa shape index (κ2) is 6.53. The minimum Gasteiger partial charge on any atom is -0.339 e. The first-order valence-corrected chi connectivity index (χ1v) is 8.55. The summed E-state index contributed by atoms with van der Waals surface area (Å²) in [6, 6.07) is 11.7. The molecule has 1 fully saturated rings. The van der Waals surface area contributed by atoms with E-state index in [1.54, 1.807) is 0 Å². The molecule has 3 aromatic rings. The van der Waals surface area contributed by atoms with Crippen molar-refractivity contribution in [3.63, 3.8) is 0 Å². The molecule has 0 saturated carbocycles. The fourth-order valence-electron chi connectivity index (χ4n) is 3.10. The Morgan fingerprint density at radius 3 is 2.92 bits per heavy atom. The molecule has 0 bridgehead atoms. The number of amides is 1. The highest BCUT2D eigenvalue weighted by atomic mass is 35.5. The van der Waals surface area contributed by atoms with Crippen molar-refractivity contribution in [2.75, 3.05) is 11.4 Å². The van der Waals surface area contributed by atoms with Gasteiger partial charge in [0.1, 0.15) is 5.82 Å². The van der Waals surface area contributed by atoms with Gasteiger partial charge in [-0.2, -0.15) is 4.98 Å². The summed E-state index contributed by atoms with van der Waals surface area (Å²) in [4.78, 5) is 18.3. The second-order valence-electron chi connectivity index (χ2n) is 6.33. The summed E-state index contributed by atoms with van der Waals surface area (Å²) in [7, 11) is 0. The Bertz CT molecular complexity index is 988. The number of carbonyl (C=O) groups excluding carboxylic acids is 1. The number of nitrogens with zero attached hydrogens (tertiary/aromatic N) is 3. The van der Waals surface area contributed by atoms with Gasteiger partial charge in [-0.05, 0) is 31.2 Å². The molecule has 1 atom stereocenters. The van der Waals surface area contributed by atoms with Gasteiger partial charge in [-0.1, -0.05) is 40.5 Å². The lowest BCUT2D eigenvalue weighted by molar-refractivity contribution is -0.117. The maximum atomic E-state index is 13.5. The van der Waals surface area contributed by atoms with Crippen molar-refractivity contribution in [2.24, 2.45) is 0 Å². The van der Waals surface area contributed by atoms with Crippen LogP contribution in [-0.4, -0.2) is 22.6 Å². The van der Waals surface area contributed by atoms with E-state index in [4.69, 9.17) is 16.1 Å². The predicted octanol–water partition coefficient (Wildman–Crippen LogP) is 4.36. The van der Waals surface area contributed by atoms with E-state index in [2.05, 4.69) is 10.1 Å². The summed E-state index contributed by atoms with van der Waals surface area (Å²) in [6.45, 7) is 2.30. The topological polar surface area (TPSA) is 59.2 Å². The molecule has 1 aliphatic heterocycles. The number of anilines is 1. The minimum absolute atomic E-state index is 0.155. The van der Waals surface area contributed by atoms with Gasteiger partial charge in [0.05, 0.1) is 16.6 Å². The number of rotatable bonds is 3. The lowest BCUT2D eigenvalue weighted by Gasteiger charge is -2.17. The monoisotopic (exact) mass is 371 g/mol. The van der Waals surface area contributed by atoms with Gasteiger partial charge < -0.3 is 9.42 Å². The SMILES string of the molecule is Cc1cccc(-c2noc(C3CC(=O)N(c4cc(F)ccc4Cl)C3)n2)c1. The minimum atomic E-state index is -0.444. The van der Waals surface area contributed by atoms with Crippen LogP contribution in [0, 0.1) is 12.7 Å². The molecule has 1 saturated heterocycles. The number of aryl methyl sites for hydroxylation is 1. The third-order valence-electron chi connectivity index (χ3n) is 4.39. The van der Waals surface area contributed by atoms with Crippen LogP contribution in [0.5, 0.6) is 0 Å². The number of aromatic nitrogens is 2. The molecule has 0 aliphatic carbocycles. The first-order chi connectivity index (χ1) is 12.5. The summed E-state index contributed by atoms with van der Waals surface area (Å²) in [5.41, 5.74) is 2.31. The van der Waals surface area contributed by atoms with Crippen molar-refractivity contribution in [3.8, 4) is 11.4 Å². The van der Waals surface area contributed by atoms with Crippen LogP contribution in [-0.2, 0) is 4.79 Å². The van der Waals surface area contributed by atoms with Crippen LogP contribution in [0.3, 0.4) is 0 Å². The predicted molar refractivity (Wildman–Crippen MR) is 95.6 cm³/mol. The van der Waals surface area contributed by atoms with Crippen molar-refractivity contribution < 1.29 is 13.7 Å². The fraction of sp³-hybridized carbons (Fsp3) is 0.211. The van der Waals surface area contributed by atoms with Gasteiger partial charge in [-0.3, -0.25) is 4.79 Å². The summed E-state index contributed by atoms with van der Waals surface area (Å²) in [5.74, 6) is 0.0224. The summed E-state index contributed by atoms with van der Waals surface area (Å²) < 4.78 is 18.9. The van der Waals surface area contributed by atoms with E-state index >= 15 is 0 Å². The molecule has 7 heteroatoms. The third-order valence-corrected chi connectivity index (χ3v) is 4.71. The molecule has 26 heavy (non-hydrogen) atoms. The maximum Gasteiger partial charge on any atom is 0.232 e. The first-order valence-electron chi connectivity index (χ1n) is 8.17. The summed E-state index contributed by atoms with van der Waals surface area (Å²) >= 11 is 6.12. The van der Waals surface area contributed by atoms with Crippen molar-refractivity contribution in [1.29, 1.82) is 0 Å². The highest BCUT2D eigenvalue weighted by Crippen LogP contribution is 2.35. The zero-order valence-corrected chi connectivity index (χ0v) is 14.7. The van der Waals surface area contributed by atoms with E-state index in [0.29, 0.717) is 29.0 Å². The summed E-state index contributed by atoms with van der Waals surface area (Å²) in [5, 5.41) is 4.35. The van der Waals surface area contributed by atoms with Gasteiger partial charge in [0.25, 0.3) is 0 Å². The molecular formula is C19H15ClFN3O2. The fourth-order valence-corrected chi connectivity index (χ4v) is 3.32. The van der Waals surface area contributed by atoms with Crippen LogP contribution in [0.25, 0.3) is 11.4 Å². The smallest absolute Gasteiger partial charge is 0.232 e. The molecule has 0 radical (unpaired) electrons. The Morgan fingerprint density at radius 2 is 2.12 bits per heavy atom. The van der Waals surface area contributed by atoms with E-state index in [1.807, 2.05) is 31.2 Å². The Balaban J connectivity index is 1.59. The van der Waals surface area contributed by atoms with Crippen molar-refractivity contribution in [2.45, 2.75) is 19.3 Å². The molecule has 1 unspecified atom stereocenters. The van der Waals surface area contributed by atoms with Crippen molar-refractivity contribution in [3.05, 3.63) is 64.8 Å². The number of benzene rings is 2. The van der Waals surface area contributed by atoms with Gasteiger partial charge in [0.15, 0.2) is 0 Å². The van der Waals surface area contributed by atoms with E-state index in [-0.39, 0.29) is 18.2 Å². The molecule has 1 aromatic heterocycles. The van der Waals surface area contributed by atoms with Crippen LogP contribution < -0.4 is 4.90 Å². The highest BCUT2D eigenvalue weighted by molar-refractivity contribution is 6.33. The van der Waals surface area contributed by atoms with E-state index in [0.717, 1.165) is 11.1 Å². The largest absolute Gasteiger partial charge is 0.339 e. The molecule has 1 amide bonds. The van der Waals surface area contributed by atoms with Gasteiger partial charge in [0, 0.05) is 18.5 Å². The van der Waals surface area contributed by atoms with Crippen LogP contribution in [0.1, 0.15) is 23.8 Å². The highest BCUT2D eigenvalue weighted by Gasteiger charge is 2.36. The standard InChI is InChI=1S/C19H15ClFN3O2/c1-11-3-2-4-12(7-11)18-22-19(26-23-18)13-8-17(25)24(10-13)16-9-14(21)5-6-15(16)20/h2-7,9,13H,8,10H2,1H3. The Morgan fingerprint density at radius 1 is 1.27 bits per heavy atom. The maximum absolute atomic E-state index is 13.5. The van der Waals surface area contributed by atoms with Crippen LogP contribution in [0.15, 0.2) is 47.0 Å². The Kier molecular flexibility index (Phi) is 4.20. The van der Waals surface area contributed by atoms with E-state index in [1.165, 1.54) is 23.1 Å². The molecular weight excluding hydrogens is 357 g/mol. The lowest BCUT2D eigenvalue weighted by Crippen LogP contribution is -2.24. The molecule has 2 heterocycles. The second-order valence-corrected chi connectivity index (χ2v) is 6.73. The molecule has 5 nitrogen and oxygen atoms in total. The molecule has 4 rings (SSSR count). The number of hydrogen-bond donors (Lipinski definition) is 0. The Hall–Kier alpha value is -2.73. The Labute approximate surface area is 154 Å². The normalized spacial score (nSPS) is 17.1. The molecule has 2 aromatic carbocycles. The number of halogens is 2. The molecule has 0 spiro atoms. The third kappa shape index (κ3) is 3.08. The molecule has 1 aliphatic rings. The molecule has 0 N–H and O–H groups in total. The van der Waals surface area contributed by atoms with Gasteiger partial charge in [0.2, 0.25) is 17.6 Å². The number of hydrogen-bond acceptors (Lipinski definition) is 4. The average Bonchev–Trinajstić information content (AvgIpc) is 3.24. The van der Waals surface area contributed by atoms with Crippen LogP contribution in [0.2, 0.25) is 5.02 Å². The van der Waals surface area contributed by atoms with Crippen LogP contribution in [0.4, 0.5) is 10.1 Å². The quantitative estimate of drug-likeness (QED) is 0.686. The zero-order chi connectivity index (χ0) is 18.3. The summed E-state index contributed by atoms with van der Waals surface area (Å²) in [6.07, 6.45) is 0.211. The lowest BCUT2D eigenvalue weighted by atomic mass is 10.1. The zero-order valence-electron chi connectivity index (χ0n) is 13.9. The average molecular weight is 372 g/mol. The van der Waals surface area contributed by atoms with Gasteiger partial charge >= 0.3 is 0 Å². The van der Waals surface area contributed by atoms with Crippen LogP contribution >= 0.6 is 11.6 Å². The first kappa shape index (κ1) is 16.7. The van der Waals surface area contributed by atoms with Gasteiger partial charge in [-0.15, -0.1) is 0 Å². The van der Waals surface area contributed by atoms with E-state index in [9.17, 15) is 9.18 Å². The number of carbonyl (C=O) groups is 1. The van der Waals surface area contributed by atoms with Crippen molar-refractivity contribution in [1.82, 2.24) is 10.1 Å². The molecule has 132 valence electrons.